The zero-order chi connectivity index (χ0) is 19.1. The predicted octanol–water partition coefficient (Wildman–Crippen LogP) is 4.99. The zero-order valence-electron chi connectivity index (χ0n) is 14.0. The second kappa shape index (κ2) is 6.59. The summed E-state index contributed by atoms with van der Waals surface area (Å²) in [5.74, 6) is -0.144. The Morgan fingerprint density at radius 1 is 1.19 bits per heavy atom. The van der Waals surface area contributed by atoms with E-state index in [-0.39, 0.29) is 35.8 Å². The first-order valence-corrected chi connectivity index (χ1v) is 8.26. The number of allylic oxidation sites excluding steroid dienone is 1. The van der Waals surface area contributed by atoms with E-state index in [2.05, 4.69) is 5.32 Å². The summed E-state index contributed by atoms with van der Waals surface area (Å²) in [7, 11) is 0. The number of hydrogen-bond acceptors (Lipinski definition) is 3. The molecular formula is C17H18F6N2O. The Labute approximate surface area is 146 Å². The fourth-order valence-electron chi connectivity index (χ4n) is 3.43. The van der Waals surface area contributed by atoms with Crippen molar-refractivity contribution in [2.75, 3.05) is 29.9 Å². The van der Waals surface area contributed by atoms with Gasteiger partial charge in [-0.25, -0.2) is 0 Å². The average molecular weight is 380 g/mol. The molecule has 1 N–H and O–H groups in total. The number of anilines is 2. The van der Waals surface area contributed by atoms with Gasteiger partial charge in [0.05, 0.1) is 22.9 Å². The van der Waals surface area contributed by atoms with E-state index in [9.17, 15) is 26.3 Å². The topological polar surface area (TPSA) is 24.5 Å². The molecule has 1 atom stereocenters. The molecule has 1 aromatic carbocycles. The second-order valence-electron chi connectivity index (χ2n) is 6.33. The minimum absolute atomic E-state index is 0.00858. The van der Waals surface area contributed by atoms with Gasteiger partial charge in [-0.15, -0.1) is 0 Å². The first-order valence-electron chi connectivity index (χ1n) is 8.26. The van der Waals surface area contributed by atoms with Crippen molar-refractivity contribution in [1.82, 2.24) is 0 Å². The van der Waals surface area contributed by atoms with E-state index >= 15 is 0 Å². The van der Waals surface area contributed by atoms with Gasteiger partial charge in [0.15, 0.2) is 5.75 Å². The smallest absolute Gasteiger partial charge is 0.416 e. The highest BCUT2D eigenvalue weighted by molar-refractivity contribution is 5.90. The van der Waals surface area contributed by atoms with Gasteiger partial charge in [0.25, 0.3) is 0 Å². The van der Waals surface area contributed by atoms with Crippen LogP contribution in [0.1, 0.15) is 25.3 Å². The molecule has 144 valence electrons. The van der Waals surface area contributed by atoms with Crippen LogP contribution in [0.5, 0.6) is 5.75 Å². The molecule has 2 heterocycles. The van der Waals surface area contributed by atoms with Gasteiger partial charge in [0.1, 0.15) is 13.2 Å². The number of alkyl halides is 6. The van der Waals surface area contributed by atoms with E-state index in [1.165, 1.54) is 12.1 Å². The van der Waals surface area contributed by atoms with Crippen LogP contribution in [0.3, 0.4) is 0 Å². The quantitative estimate of drug-likeness (QED) is 0.748. The molecule has 0 bridgehead atoms. The van der Waals surface area contributed by atoms with Gasteiger partial charge in [-0.1, -0.05) is 19.4 Å². The fourth-order valence-corrected chi connectivity index (χ4v) is 3.43. The summed E-state index contributed by atoms with van der Waals surface area (Å²) < 4.78 is 85.0. The third-order valence-corrected chi connectivity index (χ3v) is 4.45. The maximum atomic E-state index is 13.4. The van der Waals surface area contributed by atoms with Gasteiger partial charge in [-0.3, -0.25) is 0 Å². The third kappa shape index (κ3) is 3.57. The van der Waals surface area contributed by atoms with Crippen molar-refractivity contribution in [3.63, 3.8) is 0 Å². The molecule has 3 nitrogen and oxygen atoms in total. The van der Waals surface area contributed by atoms with Crippen LogP contribution < -0.4 is 15.0 Å². The Balaban J connectivity index is 2.11. The number of fused-ring (bicyclic) bond motifs is 3. The molecule has 0 aromatic heterocycles. The summed E-state index contributed by atoms with van der Waals surface area (Å²) in [6.07, 6.45) is -7.02. The molecule has 1 aromatic rings. The van der Waals surface area contributed by atoms with Crippen LogP contribution in [0.4, 0.5) is 37.7 Å². The summed E-state index contributed by atoms with van der Waals surface area (Å²) in [5.41, 5.74) is -0.850. The van der Waals surface area contributed by atoms with Crippen molar-refractivity contribution in [3.8, 4) is 5.75 Å². The normalized spacial score (nSPS) is 19.9. The van der Waals surface area contributed by atoms with E-state index in [4.69, 9.17) is 4.74 Å². The standard InChI is InChI=1S/C17H18F6N2O/c1-2-3-10-8-26-15-13(25(10)9-16(18,19)20)5-4-12-14(15)11(6-7-24-12)17(21,22)23/h4-6,10,24H,2-3,7-9H2,1H3. The van der Waals surface area contributed by atoms with Crippen LogP contribution in [-0.4, -0.2) is 38.1 Å². The van der Waals surface area contributed by atoms with Crippen molar-refractivity contribution >= 4 is 16.9 Å². The molecular weight excluding hydrogens is 362 g/mol. The highest BCUT2D eigenvalue weighted by Gasteiger charge is 2.43. The second-order valence-corrected chi connectivity index (χ2v) is 6.33. The first-order chi connectivity index (χ1) is 12.1. The molecule has 1 unspecified atom stereocenters. The number of nitrogens with one attached hydrogen (secondary N) is 1. The van der Waals surface area contributed by atoms with E-state index in [1.54, 1.807) is 0 Å². The Hall–Kier alpha value is -2.06. The molecule has 0 aliphatic carbocycles. The summed E-state index contributed by atoms with van der Waals surface area (Å²) in [6, 6.07) is 2.24. The average Bonchev–Trinajstić information content (AvgIpc) is 2.54. The summed E-state index contributed by atoms with van der Waals surface area (Å²) in [5, 5.41) is 2.82. The number of ether oxygens (including phenoxy) is 1. The minimum atomic E-state index is -4.62. The van der Waals surface area contributed by atoms with Crippen LogP contribution in [0.15, 0.2) is 18.2 Å². The lowest BCUT2D eigenvalue weighted by Gasteiger charge is -2.40. The SMILES string of the molecule is CCCC1COc2c(ccc3c2C(C(F)(F)F)=CCN3)N1CC(F)(F)F. The molecule has 0 spiro atoms. The molecule has 2 aliphatic rings. The van der Waals surface area contributed by atoms with Gasteiger partial charge >= 0.3 is 12.4 Å². The summed E-state index contributed by atoms with van der Waals surface area (Å²) in [4.78, 5) is 1.12. The molecule has 0 saturated heterocycles. The molecule has 2 aliphatic heterocycles. The van der Waals surface area contributed by atoms with Gasteiger partial charge < -0.3 is 15.0 Å². The number of benzene rings is 1. The summed E-state index contributed by atoms with van der Waals surface area (Å²) in [6.45, 7) is 0.512. The van der Waals surface area contributed by atoms with Crippen LogP contribution in [0, 0.1) is 0 Å². The zero-order valence-corrected chi connectivity index (χ0v) is 14.0. The predicted molar refractivity (Wildman–Crippen MR) is 86.6 cm³/mol. The molecule has 0 saturated carbocycles. The molecule has 0 radical (unpaired) electrons. The summed E-state index contributed by atoms with van der Waals surface area (Å²) >= 11 is 0. The van der Waals surface area contributed by atoms with E-state index in [1.807, 2.05) is 6.92 Å². The lowest BCUT2D eigenvalue weighted by molar-refractivity contribution is -0.121. The third-order valence-electron chi connectivity index (χ3n) is 4.45. The maximum absolute atomic E-state index is 13.4. The highest BCUT2D eigenvalue weighted by atomic mass is 19.4. The largest absolute Gasteiger partial charge is 0.489 e. The molecule has 26 heavy (non-hydrogen) atoms. The first kappa shape index (κ1) is 18.7. The number of hydrogen-bond donors (Lipinski definition) is 1. The van der Waals surface area contributed by atoms with Gasteiger partial charge in [0, 0.05) is 12.2 Å². The number of halogens is 6. The van der Waals surface area contributed by atoms with Crippen molar-refractivity contribution in [2.45, 2.75) is 38.2 Å². The van der Waals surface area contributed by atoms with Gasteiger partial charge in [0.2, 0.25) is 0 Å². The minimum Gasteiger partial charge on any atom is -0.489 e. The highest BCUT2D eigenvalue weighted by Crippen LogP contribution is 2.50. The lowest BCUT2D eigenvalue weighted by atomic mass is 9.95. The van der Waals surface area contributed by atoms with Crippen LogP contribution >= 0.6 is 0 Å². The van der Waals surface area contributed by atoms with Crippen LogP contribution in [0.25, 0.3) is 5.57 Å². The molecule has 9 heteroatoms. The maximum Gasteiger partial charge on any atom is 0.416 e. The van der Waals surface area contributed by atoms with Crippen molar-refractivity contribution in [3.05, 3.63) is 23.8 Å². The van der Waals surface area contributed by atoms with Gasteiger partial charge in [-0.2, -0.15) is 26.3 Å². The Morgan fingerprint density at radius 2 is 1.92 bits per heavy atom. The molecule has 3 rings (SSSR count). The Bertz CT molecular complexity index is 710. The Kier molecular flexibility index (Phi) is 4.74. The van der Waals surface area contributed by atoms with Crippen molar-refractivity contribution in [1.29, 1.82) is 0 Å². The Morgan fingerprint density at radius 3 is 2.54 bits per heavy atom. The van der Waals surface area contributed by atoms with Crippen molar-refractivity contribution in [2.24, 2.45) is 0 Å². The van der Waals surface area contributed by atoms with E-state index in [0.29, 0.717) is 12.8 Å². The van der Waals surface area contributed by atoms with E-state index in [0.717, 1.165) is 11.0 Å². The number of rotatable bonds is 3. The fraction of sp³-hybridized carbons (Fsp3) is 0.529. The van der Waals surface area contributed by atoms with Crippen LogP contribution in [0.2, 0.25) is 0 Å². The van der Waals surface area contributed by atoms with Crippen molar-refractivity contribution < 1.29 is 31.1 Å². The number of nitrogens with zero attached hydrogens (tertiary/aromatic N) is 1. The molecule has 0 amide bonds. The van der Waals surface area contributed by atoms with Gasteiger partial charge in [-0.05, 0) is 18.6 Å². The lowest BCUT2D eigenvalue weighted by Crippen LogP contribution is -2.47. The monoisotopic (exact) mass is 380 g/mol. The van der Waals surface area contributed by atoms with E-state index < -0.39 is 30.5 Å². The molecule has 0 fully saturated rings. The van der Waals surface area contributed by atoms with Crippen LogP contribution in [-0.2, 0) is 0 Å².